The standard InChI is InChI=1S/C18H31N5O4/c1-18(2)16(26)23(17(27)19-18)12-14(24)11-20-7-9-21(10-8-20)13-15(25)22-5-3-4-6-22/h14,24H,3-13H2,1-2H3,(H,19,27). The number of urea groups is 1. The number of imide groups is 1. The maximum Gasteiger partial charge on any atom is 0.325 e. The van der Waals surface area contributed by atoms with Crippen molar-refractivity contribution in [3.05, 3.63) is 0 Å². The van der Waals surface area contributed by atoms with Crippen molar-refractivity contribution in [2.45, 2.75) is 38.3 Å². The number of amides is 4. The molecule has 1 unspecified atom stereocenters. The number of carbonyl (C=O) groups is 3. The molecule has 0 aromatic heterocycles. The molecule has 0 aromatic carbocycles. The molecule has 0 radical (unpaired) electrons. The number of hydrogen-bond acceptors (Lipinski definition) is 6. The Morgan fingerprint density at radius 1 is 1.04 bits per heavy atom. The van der Waals surface area contributed by atoms with E-state index in [-0.39, 0.29) is 18.4 Å². The van der Waals surface area contributed by atoms with Crippen LogP contribution in [0.15, 0.2) is 0 Å². The summed E-state index contributed by atoms with van der Waals surface area (Å²) in [6.07, 6.45) is 1.42. The lowest BCUT2D eigenvalue weighted by Crippen LogP contribution is -2.52. The highest BCUT2D eigenvalue weighted by Gasteiger charge is 2.44. The minimum atomic E-state index is -0.912. The molecule has 0 bridgehead atoms. The van der Waals surface area contributed by atoms with E-state index in [1.54, 1.807) is 13.8 Å². The molecule has 27 heavy (non-hydrogen) atoms. The summed E-state index contributed by atoms with van der Waals surface area (Å²) in [7, 11) is 0. The Morgan fingerprint density at radius 2 is 1.63 bits per heavy atom. The molecule has 152 valence electrons. The lowest BCUT2D eigenvalue weighted by atomic mass is 10.1. The van der Waals surface area contributed by atoms with Gasteiger partial charge in [0.2, 0.25) is 5.91 Å². The molecule has 0 spiro atoms. The van der Waals surface area contributed by atoms with E-state index >= 15 is 0 Å². The minimum absolute atomic E-state index is 0.00174. The predicted octanol–water partition coefficient (Wildman–Crippen LogP) is -1.08. The number of likely N-dealkylation sites (tertiary alicyclic amines) is 1. The van der Waals surface area contributed by atoms with Crippen molar-refractivity contribution in [1.82, 2.24) is 24.9 Å². The van der Waals surface area contributed by atoms with E-state index in [1.807, 2.05) is 4.90 Å². The summed E-state index contributed by atoms with van der Waals surface area (Å²) < 4.78 is 0. The zero-order chi connectivity index (χ0) is 19.6. The number of piperazine rings is 1. The van der Waals surface area contributed by atoms with Crippen LogP contribution in [0.5, 0.6) is 0 Å². The molecule has 2 N–H and O–H groups in total. The largest absolute Gasteiger partial charge is 0.390 e. The third-order valence-electron chi connectivity index (χ3n) is 5.59. The molecule has 0 saturated carbocycles. The Kier molecular flexibility index (Phi) is 6.02. The van der Waals surface area contributed by atoms with Gasteiger partial charge in [0, 0.05) is 45.8 Å². The van der Waals surface area contributed by atoms with E-state index < -0.39 is 17.7 Å². The van der Waals surface area contributed by atoms with Crippen molar-refractivity contribution < 1.29 is 19.5 Å². The number of carbonyl (C=O) groups excluding carboxylic acids is 3. The van der Waals surface area contributed by atoms with Gasteiger partial charge in [0.05, 0.1) is 19.2 Å². The fraction of sp³-hybridized carbons (Fsp3) is 0.833. The zero-order valence-corrected chi connectivity index (χ0v) is 16.3. The highest BCUT2D eigenvalue weighted by Crippen LogP contribution is 2.17. The number of aliphatic hydroxyl groups excluding tert-OH is 1. The predicted molar refractivity (Wildman–Crippen MR) is 99.0 cm³/mol. The molecule has 4 amide bonds. The number of β-amino-alcohol motifs (C(OH)–C–C–N with tert-alkyl or cyclic N) is 1. The smallest absolute Gasteiger partial charge is 0.325 e. The van der Waals surface area contributed by atoms with Crippen molar-refractivity contribution in [2.24, 2.45) is 0 Å². The first kappa shape index (κ1) is 20.0. The van der Waals surface area contributed by atoms with Crippen molar-refractivity contribution in [3.63, 3.8) is 0 Å². The van der Waals surface area contributed by atoms with Crippen molar-refractivity contribution >= 4 is 17.8 Å². The fourth-order valence-electron chi connectivity index (χ4n) is 3.94. The van der Waals surface area contributed by atoms with Gasteiger partial charge in [-0.2, -0.15) is 0 Å². The molecule has 0 aromatic rings. The van der Waals surface area contributed by atoms with Gasteiger partial charge in [0.1, 0.15) is 5.54 Å². The summed E-state index contributed by atoms with van der Waals surface area (Å²) >= 11 is 0. The van der Waals surface area contributed by atoms with Gasteiger partial charge in [-0.15, -0.1) is 0 Å². The van der Waals surface area contributed by atoms with E-state index in [4.69, 9.17) is 0 Å². The summed E-state index contributed by atoms with van der Waals surface area (Å²) in [5, 5.41) is 13.0. The Labute approximate surface area is 160 Å². The van der Waals surface area contributed by atoms with Crippen molar-refractivity contribution in [2.75, 3.05) is 58.9 Å². The molecule has 1 atom stereocenters. The third kappa shape index (κ3) is 4.77. The van der Waals surface area contributed by atoms with Gasteiger partial charge in [-0.05, 0) is 26.7 Å². The summed E-state index contributed by atoms with van der Waals surface area (Å²) in [5.74, 6) is -0.0982. The molecule has 9 nitrogen and oxygen atoms in total. The number of hydrogen-bond donors (Lipinski definition) is 2. The molecule has 3 rings (SSSR count). The quantitative estimate of drug-likeness (QED) is 0.568. The van der Waals surface area contributed by atoms with Gasteiger partial charge < -0.3 is 15.3 Å². The van der Waals surface area contributed by atoms with Gasteiger partial charge in [0.25, 0.3) is 5.91 Å². The fourth-order valence-corrected chi connectivity index (χ4v) is 3.94. The monoisotopic (exact) mass is 381 g/mol. The molecule has 3 saturated heterocycles. The molecular formula is C18H31N5O4. The van der Waals surface area contributed by atoms with Crippen molar-refractivity contribution in [3.8, 4) is 0 Å². The van der Waals surface area contributed by atoms with Gasteiger partial charge in [-0.3, -0.25) is 24.3 Å². The normalized spacial score (nSPS) is 25.1. The molecule has 3 aliphatic rings. The Balaban J connectivity index is 1.39. The Hall–Kier alpha value is -1.71. The minimum Gasteiger partial charge on any atom is -0.390 e. The first-order valence-electron chi connectivity index (χ1n) is 9.81. The van der Waals surface area contributed by atoms with Crippen LogP contribution in [0.2, 0.25) is 0 Å². The number of nitrogens with zero attached hydrogens (tertiary/aromatic N) is 4. The summed E-state index contributed by atoms with van der Waals surface area (Å²) in [5.41, 5.74) is -0.912. The second kappa shape index (κ2) is 8.12. The topological polar surface area (TPSA) is 96.4 Å². The average molecular weight is 381 g/mol. The second-order valence-electron chi connectivity index (χ2n) is 8.29. The maximum atomic E-state index is 12.2. The average Bonchev–Trinajstić information content (AvgIpc) is 3.20. The molecule has 0 aliphatic carbocycles. The molecular weight excluding hydrogens is 350 g/mol. The molecule has 3 fully saturated rings. The third-order valence-corrected chi connectivity index (χ3v) is 5.59. The number of nitrogens with one attached hydrogen (secondary N) is 1. The second-order valence-corrected chi connectivity index (χ2v) is 8.29. The van der Waals surface area contributed by atoms with Gasteiger partial charge in [-0.1, -0.05) is 0 Å². The number of rotatable bonds is 6. The lowest BCUT2D eigenvalue weighted by Gasteiger charge is -2.36. The molecule has 3 aliphatic heterocycles. The maximum absolute atomic E-state index is 12.2. The lowest BCUT2D eigenvalue weighted by molar-refractivity contribution is -0.132. The molecule has 9 heteroatoms. The summed E-state index contributed by atoms with van der Waals surface area (Å²) in [6.45, 7) is 9.03. The van der Waals surface area contributed by atoms with Gasteiger partial charge in [-0.25, -0.2) is 4.79 Å². The van der Waals surface area contributed by atoms with Crippen molar-refractivity contribution in [1.29, 1.82) is 0 Å². The van der Waals surface area contributed by atoms with E-state index in [0.717, 1.165) is 57.0 Å². The van der Waals surface area contributed by atoms with Gasteiger partial charge in [0.15, 0.2) is 0 Å². The zero-order valence-electron chi connectivity index (χ0n) is 16.3. The van der Waals surface area contributed by atoms with Gasteiger partial charge >= 0.3 is 6.03 Å². The van der Waals surface area contributed by atoms with Crippen LogP contribution in [0.25, 0.3) is 0 Å². The van der Waals surface area contributed by atoms with Crippen LogP contribution in [0.1, 0.15) is 26.7 Å². The van der Waals surface area contributed by atoms with E-state index in [1.165, 1.54) is 0 Å². The summed E-state index contributed by atoms with van der Waals surface area (Å²) in [6, 6.07) is -0.450. The highest BCUT2D eigenvalue weighted by molar-refractivity contribution is 6.06. The first-order chi connectivity index (χ1) is 12.8. The summed E-state index contributed by atoms with van der Waals surface area (Å²) in [4.78, 5) is 43.6. The highest BCUT2D eigenvalue weighted by atomic mass is 16.3. The van der Waals surface area contributed by atoms with E-state index in [0.29, 0.717) is 13.1 Å². The van der Waals surface area contributed by atoms with Crippen LogP contribution in [0.3, 0.4) is 0 Å². The van der Waals surface area contributed by atoms with Crippen LogP contribution in [-0.2, 0) is 9.59 Å². The van der Waals surface area contributed by atoms with Crippen LogP contribution in [-0.4, -0.2) is 113 Å². The Morgan fingerprint density at radius 3 is 2.19 bits per heavy atom. The van der Waals surface area contributed by atoms with Crippen LogP contribution in [0.4, 0.5) is 4.79 Å². The SMILES string of the molecule is CC1(C)NC(=O)N(CC(O)CN2CCN(CC(=O)N3CCCC3)CC2)C1=O. The van der Waals surface area contributed by atoms with Crippen LogP contribution < -0.4 is 5.32 Å². The van der Waals surface area contributed by atoms with E-state index in [9.17, 15) is 19.5 Å². The van der Waals surface area contributed by atoms with E-state index in [2.05, 4.69) is 15.1 Å². The first-order valence-corrected chi connectivity index (χ1v) is 9.81. The van der Waals surface area contributed by atoms with Crippen LogP contribution >= 0.6 is 0 Å². The number of aliphatic hydroxyl groups is 1. The van der Waals surface area contributed by atoms with Crippen LogP contribution in [0, 0.1) is 0 Å². The molecule has 3 heterocycles. The Bertz CT molecular complexity index is 582.